The minimum atomic E-state index is 0.402. The predicted octanol–water partition coefficient (Wildman–Crippen LogP) is 2.30. The highest BCUT2D eigenvalue weighted by atomic mass is 16.5. The maximum Gasteiger partial charge on any atom is 0.258 e. The average molecular weight is 260 g/mol. The molecule has 0 radical (unpaired) electrons. The molecule has 0 bridgehead atoms. The zero-order valence-corrected chi connectivity index (χ0v) is 11.8. The second-order valence-corrected chi connectivity index (χ2v) is 5.00. The van der Waals surface area contributed by atoms with Gasteiger partial charge in [-0.2, -0.15) is 4.98 Å². The van der Waals surface area contributed by atoms with Crippen LogP contribution in [0.15, 0.2) is 28.8 Å². The normalized spacial score (nSPS) is 11.0. The SMILES string of the molecule is CC(C)NCc1noc(-c2cccc(N(C)C)c2)n1. The van der Waals surface area contributed by atoms with Gasteiger partial charge in [0, 0.05) is 31.4 Å². The Balaban J connectivity index is 2.16. The fraction of sp³-hybridized carbons (Fsp3) is 0.429. The summed E-state index contributed by atoms with van der Waals surface area (Å²) in [5.41, 5.74) is 2.05. The van der Waals surface area contributed by atoms with Gasteiger partial charge in [-0.25, -0.2) is 0 Å². The van der Waals surface area contributed by atoms with E-state index >= 15 is 0 Å². The molecule has 1 heterocycles. The van der Waals surface area contributed by atoms with Crippen molar-refractivity contribution in [3.8, 4) is 11.5 Å². The van der Waals surface area contributed by atoms with Crippen LogP contribution in [-0.4, -0.2) is 30.3 Å². The summed E-state index contributed by atoms with van der Waals surface area (Å²) in [6, 6.07) is 8.44. The molecule has 1 aromatic carbocycles. The molecule has 0 atom stereocenters. The fourth-order valence-electron chi connectivity index (χ4n) is 1.66. The van der Waals surface area contributed by atoms with Crippen molar-refractivity contribution < 1.29 is 4.52 Å². The Morgan fingerprint density at radius 1 is 1.32 bits per heavy atom. The van der Waals surface area contributed by atoms with Gasteiger partial charge < -0.3 is 14.7 Å². The van der Waals surface area contributed by atoms with E-state index in [1.807, 2.05) is 43.3 Å². The summed E-state index contributed by atoms with van der Waals surface area (Å²) in [5, 5.41) is 7.24. The van der Waals surface area contributed by atoms with E-state index in [1.165, 1.54) is 0 Å². The van der Waals surface area contributed by atoms with Crippen LogP contribution in [0.1, 0.15) is 19.7 Å². The van der Waals surface area contributed by atoms with Crippen molar-refractivity contribution in [2.75, 3.05) is 19.0 Å². The van der Waals surface area contributed by atoms with Gasteiger partial charge in [0.1, 0.15) is 0 Å². The van der Waals surface area contributed by atoms with E-state index in [1.54, 1.807) is 0 Å². The molecule has 2 rings (SSSR count). The predicted molar refractivity (Wildman–Crippen MR) is 76.0 cm³/mol. The van der Waals surface area contributed by atoms with Crippen LogP contribution in [0.4, 0.5) is 5.69 Å². The van der Waals surface area contributed by atoms with Gasteiger partial charge in [0.2, 0.25) is 0 Å². The maximum atomic E-state index is 5.30. The molecule has 2 aromatic rings. The van der Waals surface area contributed by atoms with Crippen molar-refractivity contribution >= 4 is 5.69 Å². The van der Waals surface area contributed by atoms with Crippen LogP contribution in [0.25, 0.3) is 11.5 Å². The summed E-state index contributed by atoms with van der Waals surface area (Å²) in [6.45, 7) is 4.79. The highest BCUT2D eigenvalue weighted by Gasteiger charge is 2.09. The van der Waals surface area contributed by atoms with Crippen molar-refractivity contribution in [1.29, 1.82) is 0 Å². The van der Waals surface area contributed by atoms with Crippen LogP contribution in [-0.2, 0) is 6.54 Å². The Morgan fingerprint density at radius 2 is 2.11 bits per heavy atom. The van der Waals surface area contributed by atoms with Crippen LogP contribution in [0.2, 0.25) is 0 Å². The molecule has 0 fully saturated rings. The molecule has 1 aromatic heterocycles. The van der Waals surface area contributed by atoms with Crippen molar-refractivity contribution in [2.24, 2.45) is 0 Å². The van der Waals surface area contributed by atoms with E-state index in [4.69, 9.17) is 4.52 Å². The Labute approximate surface area is 113 Å². The van der Waals surface area contributed by atoms with Gasteiger partial charge in [-0.05, 0) is 18.2 Å². The number of aromatic nitrogens is 2. The van der Waals surface area contributed by atoms with Crippen LogP contribution in [0.3, 0.4) is 0 Å². The topological polar surface area (TPSA) is 54.2 Å². The zero-order valence-electron chi connectivity index (χ0n) is 11.8. The summed E-state index contributed by atoms with van der Waals surface area (Å²) >= 11 is 0. The Morgan fingerprint density at radius 3 is 2.79 bits per heavy atom. The third-order valence-electron chi connectivity index (χ3n) is 2.75. The Kier molecular flexibility index (Phi) is 4.16. The molecule has 0 saturated heterocycles. The minimum absolute atomic E-state index is 0.402. The van der Waals surface area contributed by atoms with Crippen molar-refractivity contribution in [2.45, 2.75) is 26.4 Å². The van der Waals surface area contributed by atoms with E-state index < -0.39 is 0 Å². The highest BCUT2D eigenvalue weighted by molar-refractivity contribution is 5.61. The number of benzene rings is 1. The van der Waals surface area contributed by atoms with Crippen molar-refractivity contribution in [3.05, 3.63) is 30.1 Å². The second-order valence-electron chi connectivity index (χ2n) is 5.00. The molecule has 0 unspecified atom stereocenters. The molecule has 1 N–H and O–H groups in total. The molecule has 0 saturated carbocycles. The summed E-state index contributed by atoms with van der Waals surface area (Å²) in [6.07, 6.45) is 0. The standard InChI is InChI=1S/C14H20N4O/c1-10(2)15-9-13-16-14(19-17-13)11-6-5-7-12(8-11)18(3)4/h5-8,10,15H,9H2,1-4H3. The largest absolute Gasteiger partial charge is 0.378 e. The fourth-order valence-corrected chi connectivity index (χ4v) is 1.66. The van der Waals surface area contributed by atoms with Gasteiger partial charge in [-0.3, -0.25) is 0 Å². The minimum Gasteiger partial charge on any atom is -0.378 e. The van der Waals surface area contributed by atoms with Crippen LogP contribution in [0.5, 0.6) is 0 Å². The first-order valence-electron chi connectivity index (χ1n) is 6.40. The van der Waals surface area contributed by atoms with Gasteiger partial charge in [-0.1, -0.05) is 25.1 Å². The summed E-state index contributed by atoms with van der Waals surface area (Å²) in [5.74, 6) is 1.24. The number of hydrogen-bond donors (Lipinski definition) is 1. The third kappa shape index (κ3) is 3.54. The zero-order chi connectivity index (χ0) is 13.8. The molecule has 0 aliphatic rings. The first-order valence-corrected chi connectivity index (χ1v) is 6.40. The van der Waals surface area contributed by atoms with Crippen molar-refractivity contribution in [1.82, 2.24) is 15.5 Å². The second kappa shape index (κ2) is 5.84. The molecule has 5 heteroatoms. The van der Waals surface area contributed by atoms with Crippen LogP contribution < -0.4 is 10.2 Å². The lowest BCUT2D eigenvalue weighted by atomic mass is 10.2. The quantitative estimate of drug-likeness (QED) is 0.894. The summed E-state index contributed by atoms with van der Waals surface area (Å²) in [7, 11) is 4.01. The smallest absolute Gasteiger partial charge is 0.258 e. The number of nitrogens with zero attached hydrogens (tertiary/aromatic N) is 3. The van der Waals surface area contributed by atoms with Gasteiger partial charge in [0.25, 0.3) is 5.89 Å². The number of anilines is 1. The van der Waals surface area contributed by atoms with Gasteiger partial charge in [0.05, 0.1) is 6.54 Å². The van der Waals surface area contributed by atoms with E-state index in [0.29, 0.717) is 24.3 Å². The van der Waals surface area contributed by atoms with E-state index in [2.05, 4.69) is 29.3 Å². The lowest BCUT2D eigenvalue weighted by Gasteiger charge is -2.12. The molecule has 0 spiro atoms. The Hall–Kier alpha value is -1.88. The first kappa shape index (κ1) is 13.5. The van der Waals surface area contributed by atoms with E-state index in [0.717, 1.165) is 11.3 Å². The van der Waals surface area contributed by atoms with Crippen LogP contribution >= 0.6 is 0 Å². The number of hydrogen-bond acceptors (Lipinski definition) is 5. The van der Waals surface area contributed by atoms with E-state index in [-0.39, 0.29) is 0 Å². The summed E-state index contributed by atoms with van der Waals surface area (Å²) in [4.78, 5) is 6.44. The molecule has 0 aliphatic carbocycles. The van der Waals surface area contributed by atoms with Gasteiger partial charge >= 0.3 is 0 Å². The number of rotatable bonds is 5. The van der Waals surface area contributed by atoms with E-state index in [9.17, 15) is 0 Å². The maximum absolute atomic E-state index is 5.30. The van der Waals surface area contributed by atoms with Crippen molar-refractivity contribution in [3.63, 3.8) is 0 Å². The summed E-state index contributed by atoms with van der Waals surface area (Å²) < 4.78 is 5.30. The number of nitrogens with one attached hydrogen (secondary N) is 1. The monoisotopic (exact) mass is 260 g/mol. The first-order chi connectivity index (χ1) is 9.06. The molecule has 0 amide bonds. The molecular formula is C14H20N4O. The third-order valence-corrected chi connectivity index (χ3v) is 2.75. The molecule has 102 valence electrons. The van der Waals surface area contributed by atoms with Gasteiger partial charge in [0.15, 0.2) is 5.82 Å². The van der Waals surface area contributed by atoms with Crippen LogP contribution in [0, 0.1) is 0 Å². The molecule has 19 heavy (non-hydrogen) atoms. The van der Waals surface area contributed by atoms with Gasteiger partial charge in [-0.15, -0.1) is 0 Å². The lowest BCUT2D eigenvalue weighted by Crippen LogP contribution is -2.22. The molecule has 0 aliphatic heterocycles. The molecular weight excluding hydrogens is 240 g/mol. The highest BCUT2D eigenvalue weighted by Crippen LogP contribution is 2.22. The molecule has 5 nitrogen and oxygen atoms in total. The lowest BCUT2D eigenvalue weighted by molar-refractivity contribution is 0.417. The average Bonchev–Trinajstić information content (AvgIpc) is 2.85. The Bertz CT molecular complexity index is 534.